The molecule has 21 heavy (non-hydrogen) atoms. The average molecular weight is 301 g/mol. The number of nitrogens with zero attached hydrogens (tertiary/aromatic N) is 2. The molecule has 0 saturated carbocycles. The first-order valence-corrected chi connectivity index (χ1v) is 7.30. The molecule has 5 nitrogen and oxygen atoms in total. The van der Waals surface area contributed by atoms with Crippen LogP contribution in [-0.2, 0) is 4.79 Å². The van der Waals surface area contributed by atoms with Crippen molar-refractivity contribution in [3.8, 4) is 0 Å². The first-order valence-electron chi connectivity index (χ1n) is 6.42. The Morgan fingerprint density at radius 1 is 1.19 bits per heavy atom. The lowest BCUT2D eigenvalue weighted by atomic mass is 10.1. The van der Waals surface area contributed by atoms with Gasteiger partial charge in [0.25, 0.3) is 0 Å². The quantitative estimate of drug-likeness (QED) is 0.522. The third-order valence-electron chi connectivity index (χ3n) is 2.73. The molecular weight excluding hydrogens is 286 g/mol. The van der Waals surface area contributed by atoms with Crippen molar-refractivity contribution in [1.29, 1.82) is 0 Å². The van der Waals surface area contributed by atoms with E-state index in [0.717, 1.165) is 0 Å². The highest BCUT2D eigenvalue weighted by Crippen LogP contribution is 2.20. The van der Waals surface area contributed by atoms with E-state index in [1.165, 1.54) is 18.7 Å². The van der Waals surface area contributed by atoms with Crippen molar-refractivity contribution in [2.45, 2.75) is 24.3 Å². The normalized spacial score (nSPS) is 11.7. The highest BCUT2D eigenvalue weighted by atomic mass is 32.2. The molecule has 108 valence electrons. The second kappa shape index (κ2) is 6.99. The van der Waals surface area contributed by atoms with Crippen LogP contribution in [0.15, 0.2) is 47.9 Å². The summed E-state index contributed by atoms with van der Waals surface area (Å²) in [7, 11) is 0. The Hall–Kier alpha value is -2.21. The number of ketones is 1. The van der Waals surface area contributed by atoms with Gasteiger partial charge in [-0.1, -0.05) is 23.9 Å². The van der Waals surface area contributed by atoms with Crippen molar-refractivity contribution in [3.63, 3.8) is 0 Å². The molecule has 0 aliphatic carbocycles. The molecule has 0 spiro atoms. The van der Waals surface area contributed by atoms with Gasteiger partial charge >= 0.3 is 0 Å². The van der Waals surface area contributed by atoms with E-state index < -0.39 is 0 Å². The number of benzene rings is 1. The van der Waals surface area contributed by atoms with Crippen molar-refractivity contribution in [2.75, 3.05) is 5.32 Å². The summed E-state index contributed by atoms with van der Waals surface area (Å²) in [6, 6.07) is 8.60. The van der Waals surface area contributed by atoms with Crippen LogP contribution in [0.5, 0.6) is 0 Å². The SMILES string of the molecule is CC(=O)c1cccc(NC(=O)[C@H](C)Sc2ncccn2)c1. The van der Waals surface area contributed by atoms with Gasteiger partial charge in [0, 0.05) is 23.6 Å². The molecule has 2 aromatic rings. The van der Waals surface area contributed by atoms with Gasteiger partial charge in [0.2, 0.25) is 5.91 Å². The molecule has 1 aromatic heterocycles. The van der Waals surface area contributed by atoms with E-state index in [4.69, 9.17) is 0 Å². The monoisotopic (exact) mass is 301 g/mol. The van der Waals surface area contributed by atoms with Crippen LogP contribution in [0.4, 0.5) is 5.69 Å². The van der Waals surface area contributed by atoms with Crippen LogP contribution >= 0.6 is 11.8 Å². The molecule has 1 heterocycles. The molecule has 1 atom stereocenters. The number of anilines is 1. The smallest absolute Gasteiger partial charge is 0.237 e. The zero-order chi connectivity index (χ0) is 15.2. The molecule has 1 amide bonds. The molecule has 0 aliphatic heterocycles. The largest absolute Gasteiger partial charge is 0.325 e. The Morgan fingerprint density at radius 2 is 1.90 bits per heavy atom. The van der Waals surface area contributed by atoms with Crippen molar-refractivity contribution in [2.24, 2.45) is 0 Å². The van der Waals surface area contributed by atoms with Gasteiger partial charge in [-0.05, 0) is 32.0 Å². The standard InChI is InChI=1S/C15H15N3O2S/c1-10(19)12-5-3-6-13(9-12)18-14(20)11(2)21-15-16-7-4-8-17-15/h3-9,11H,1-2H3,(H,18,20)/t11-/m0/s1. The molecule has 0 fully saturated rings. The van der Waals surface area contributed by atoms with Gasteiger partial charge in [-0.15, -0.1) is 0 Å². The average Bonchev–Trinajstić information content (AvgIpc) is 2.48. The zero-order valence-corrected chi connectivity index (χ0v) is 12.6. The van der Waals surface area contributed by atoms with Crippen molar-refractivity contribution < 1.29 is 9.59 Å². The number of carbonyl (C=O) groups is 2. The summed E-state index contributed by atoms with van der Waals surface area (Å²) in [5.41, 5.74) is 1.17. The highest BCUT2D eigenvalue weighted by molar-refractivity contribution is 8.00. The lowest BCUT2D eigenvalue weighted by Crippen LogP contribution is -2.22. The summed E-state index contributed by atoms with van der Waals surface area (Å²) in [5, 5.41) is 3.00. The minimum atomic E-state index is -0.339. The number of Topliss-reactive ketones (excluding diaryl/α,β-unsaturated/α-hetero) is 1. The van der Waals surface area contributed by atoms with Gasteiger partial charge in [0.1, 0.15) is 0 Å². The van der Waals surface area contributed by atoms with Gasteiger partial charge in [0.05, 0.1) is 5.25 Å². The molecule has 1 N–H and O–H groups in total. The minimum absolute atomic E-state index is 0.0359. The summed E-state index contributed by atoms with van der Waals surface area (Å²) in [6.45, 7) is 3.28. The fourth-order valence-electron chi connectivity index (χ4n) is 1.62. The Bertz CT molecular complexity index is 646. The molecule has 0 bridgehead atoms. The van der Waals surface area contributed by atoms with E-state index in [2.05, 4.69) is 15.3 Å². The first-order chi connectivity index (χ1) is 10.1. The van der Waals surface area contributed by atoms with E-state index in [9.17, 15) is 9.59 Å². The van der Waals surface area contributed by atoms with E-state index in [1.54, 1.807) is 49.6 Å². The van der Waals surface area contributed by atoms with Crippen LogP contribution in [0, 0.1) is 0 Å². The first kappa shape index (κ1) is 15.2. The van der Waals surface area contributed by atoms with E-state index in [0.29, 0.717) is 16.4 Å². The Labute approximate surface area is 127 Å². The fraction of sp³-hybridized carbons (Fsp3) is 0.200. The van der Waals surface area contributed by atoms with Crippen LogP contribution < -0.4 is 5.32 Å². The van der Waals surface area contributed by atoms with Crippen molar-refractivity contribution in [1.82, 2.24) is 9.97 Å². The number of nitrogens with one attached hydrogen (secondary N) is 1. The minimum Gasteiger partial charge on any atom is -0.325 e. The number of hydrogen-bond acceptors (Lipinski definition) is 5. The summed E-state index contributed by atoms with van der Waals surface area (Å²) >= 11 is 1.28. The molecule has 0 unspecified atom stereocenters. The fourth-order valence-corrected chi connectivity index (χ4v) is 2.34. The van der Waals surface area contributed by atoms with Crippen LogP contribution in [0.1, 0.15) is 24.2 Å². The maximum Gasteiger partial charge on any atom is 0.237 e. The molecule has 6 heteroatoms. The van der Waals surface area contributed by atoms with E-state index >= 15 is 0 Å². The molecule has 0 radical (unpaired) electrons. The van der Waals surface area contributed by atoms with Gasteiger partial charge < -0.3 is 5.32 Å². The zero-order valence-electron chi connectivity index (χ0n) is 11.7. The number of hydrogen-bond donors (Lipinski definition) is 1. The lowest BCUT2D eigenvalue weighted by molar-refractivity contribution is -0.115. The van der Waals surface area contributed by atoms with Crippen LogP contribution in [-0.4, -0.2) is 26.9 Å². The Morgan fingerprint density at radius 3 is 2.57 bits per heavy atom. The number of amides is 1. The number of rotatable bonds is 5. The molecular formula is C15H15N3O2S. The molecule has 2 rings (SSSR count). The van der Waals surface area contributed by atoms with E-state index in [-0.39, 0.29) is 16.9 Å². The maximum absolute atomic E-state index is 12.1. The summed E-state index contributed by atoms with van der Waals surface area (Å²) in [4.78, 5) is 31.6. The Balaban J connectivity index is 2.00. The van der Waals surface area contributed by atoms with Crippen LogP contribution in [0.3, 0.4) is 0 Å². The Kier molecular flexibility index (Phi) is 5.05. The second-order valence-electron chi connectivity index (χ2n) is 4.42. The lowest BCUT2D eigenvalue weighted by Gasteiger charge is -2.11. The second-order valence-corrected chi connectivity index (χ2v) is 5.73. The number of carbonyl (C=O) groups excluding carboxylic acids is 2. The predicted molar refractivity (Wildman–Crippen MR) is 82.4 cm³/mol. The maximum atomic E-state index is 12.1. The van der Waals surface area contributed by atoms with E-state index in [1.807, 2.05) is 0 Å². The van der Waals surface area contributed by atoms with Gasteiger partial charge in [-0.3, -0.25) is 9.59 Å². The third kappa shape index (κ3) is 4.39. The number of aromatic nitrogens is 2. The molecule has 0 saturated heterocycles. The summed E-state index contributed by atoms with van der Waals surface area (Å²) < 4.78 is 0. The van der Waals surface area contributed by atoms with Crippen molar-refractivity contribution in [3.05, 3.63) is 48.3 Å². The summed E-state index contributed by atoms with van der Waals surface area (Å²) in [6.07, 6.45) is 3.27. The third-order valence-corrected chi connectivity index (χ3v) is 3.72. The van der Waals surface area contributed by atoms with Gasteiger partial charge in [-0.2, -0.15) is 0 Å². The summed E-state index contributed by atoms with van der Waals surface area (Å²) in [5.74, 6) is -0.195. The topological polar surface area (TPSA) is 72.0 Å². The molecule has 1 aromatic carbocycles. The van der Waals surface area contributed by atoms with Gasteiger partial charge in [0.15, 0.2) is 10.9 Å². The van der Waals surface area contributed by atoms with Crippen LogP contribution in [0.25, 0.3) is 0 Å². The highest BCUT2D eigenvalue weighted by Gasteiger charge is 2.16. The van der Waals surface area contributed by atoms with Crippen molar-refractivity contribution >= 4 is 29.1 Å². The number of thioether (sulfide) groups is 1. The predicted octanol–water partition coefficient (Wildman–Crippen LogP) is 2.80. The molecule has 0 aliphatic rings. The van der Waals surface area contributed by atoms with Gasteiger partial charge in [-0.25, -0.2) is 9.97 Å². The van der Waals surface area contributed by atoms with Crippen LogP contribution in [0.2, 0.25) is 0 Å².